The molecule has 1 aromatic carbocycles. The number of hydrogen-bond acceptors (Lipinski definition) is 1. The van der Waals surface area contributed by atoms with E-state index in [9.17, 15) is 4.79 Å². The first-order valence-corrected chi connectivity index (χ1v) is 7.57. The molecular formula is C12H15BrINO. The number of rotatable bonds is 5. The number of aryl methyl sites for hydroxylation is 1. The standard InChI is InChI=1S/C12H15BrINO/c1-9-8-10(4-5-11(9)13)12(16)15-7-3-2-6-14/h4-5,8H,2-3,6-7H2,1H3,(H,15,16). The first-order chi connectivity index (χ1) is 7.65. The summed E-state index contributed by atoms with van der Waals surface area (Å²) in [5, 5.41) is 2.92. The molecule has 0 aliphatic carbocycles. The molecule has 0 bridgehead atoms. The molecule has 0 aliphatic heterocycles. The van der Waals surface area contributed by atoms with E-state index in [1.807, 2.05) is 25.1 Å². The Morgan fingerprint density at radius 2 is 2.19 bits per heavy atom. The van der Waals surface area contributed by atoms with Gasteiger partial charge in [0.05, 0.1) is 0 Å². The number of carbonyl (C=O) groups is 1. The number of benzene rings is 1. The molecule has 0 aliphatic rings. The van der Waals surface area contributed by atoms with Gasteiger partial charge in [-0.15, -0.1) is 0 Å². The monoisotopic (exact) mass is 395 g/mol. The lowest BCUT2D eigenvalue weighted by Crippen LogP contribution is -2.24. The largest absolute Gasteiger partial charge is 0.352 e. The van der Waals surface area contributed by atoms with E-state index < -0.39 is 0 Å². The Kier molecular flexibility index (Phi) is 6.34. The molecule has 88 valence electrons. The molecule has 0 heterocycles. The maximum atomic E-state index is 11.7. The fraction of sp³-hybridized carbons (Fsp3) is 0.417. The molecule has 1 amide bonds. The van der Waals surface area contributed by atoms with Gasteiger partial charge in [0, 0.05) is 16.6 Å². The lowest BCUT2D eigenvalue weighted by Gasteiger charge is -2.06. The van der Waals surface area contributed by atoms with Gasteiger partial charge in [-0.2, -0.15) is 0 Å². The average molecular weight is 396 g/mol. The van der Waals surface area contributed by atoms with E-state index in [1.165, 1.54) is 0 Å². The molecule has 4 heteroatoms. The van der Waals surface area contributed by atoms with Gasteiger partial charge in [-0.3, -0.25) is 4.79 Å². The SMILES string of the molecule is Cc1cc(C(=O)NCCCCI)ccc1Br. The molecule has 0 aromatic heterocycles. The van der Waals surface area contributed by atoms with Gasteiger partial charge >= 0.3 is 0 Å². The predicted molar refractivity (Wildman–Crippen MR) is 79.3 cm³/mol. The molecule has 1 N–H and O–H groups in total. The maximum Gasteiger partial charge on any atom is 0.251 e. The molecule has 0 saturated carbocycles. The second kappa shape index (κ2) is 7.27. The summed E-state index contributed by atoms with van der Waals surface area (Å²) in [5.41, 5.74) is 1.81. The lowest BCUT2D eigenvalue weighted by atomic mass is 10.1. The van der Waals surface area contributed by atoms with Gasteiger partial charge in [0.1, 0.15) is 0 Å². The molecule has 0 unspecified atom stereocenters. The highest BCUT2D eigenvalue weighted by Gasteiger charge is 2.05. The minimum atomic E-state index is 0.0176. The van der Waals surface area contributed by atoms with Crippen LogP contribution in [-0.2, 0) is 0 Å². The Hall–Kier alpha value is -0.100. The molecule has 0 spiro atoms. The number of unbranched alkanes of at least 4 members (excludes halogenated alkanes) is 1. The Labute approximate surface area is 118 Å². The van der Waals surface area contributed by atoms with E-state index in [2.05, 4.69) is 43.8 Å². The van der Waals surface area contributed by atoms with E-state index in [1.54, 1.807) is 0 Å². The van der Waals surface area contributed by atoms with E-state index in [0.29, 0.717) is 0 Å². The first kappa shape index (κ1) is 14.0. The molecule has 1 aromatic rings. The summed E-state index contributed by atoms with van der Waals surface area (Å²) >= 11 is 5.77. The fourth-order valence-corrected chi connectivity index (χ4v) is 2.10. The van der Waals surface area contributed by atoms with Crippen molar-refractivity contribution in [2.45, 2.75) is 19.8 Å². The molecular weight excluding hydrogens is 381 g/mol. The zero-order valence-electron chi connectivity index (χ0n) is 9.22. The summed E-state index contributed by atoms with van der Waals surface area (Å²) < 4.78 is 2.18. The minimum absolute atomic E-state index is 0.0176. The van der Waals surface area contributed by atoms with Crippen LogP contribution in [0, 0.1) is 6.92 Å². The van der Waals surface area contributed by atoms with Crippen molar-refractivity contribution in [3.8, 4) is 0 Å². The summed E-state index contributed by atoms with van der Waals surface area (Å²) in [4.78, 5) is 11.7. The molecule has 0 radical (unpaired) electrons. The second-order valence-electron chi connectivity index (χ2n) is 3.62. The van der Waals surface area contributed by atoms with E-state index >= 15 is 0 Å². The van der Waals surface area contributed by atoms with Crippen molar-refractivity contribution in [3.63, 3.8) is 0 Å². The van der Waals surface area contributed by atoms with Crippen LogP contribution in [0.4, 0.5) is 0 Å². The Bertz CT molecular complexity index is 368. The molecule has 0 atom stereocenters. The molecule has 0 saturated heterocycles. The quantitative estimate of drug-likeness (QED) is 0.459. The Morgan fingerprint density at radius 1 is 1.44 bits per heavy atom. The molecule has 0 fully saturated rings. The third-order valence-corrected chi connectivity index (χ3v) is 3.92. The summed E-state index contributed by atoms with van der Waals surface area (Å²) in [6, 6.07) is 5.65. The van der Waals surface area contributed by atoms with Crippen LogP contribution in [0.1, 0.15) is 28.8 Å². The Morgan fingerprint density at radius 3 is 2.81 bits per heavy atom. The van der Waals surface area contributed by atoms with Crippen LogP contribution in [0.5, 0.6) is 0 Å². The maximum absolute atomic E-state index is 11.7. The number of carbonyl (C=O) groups excluding carboxylic acids is 1. The van der Waals surface area contributed by atoms with Crippen LogP contribution < -0.4 is 5.32 Å². The van der Waals surface area contributed by atoms with Gasteiger partial charge in [-0.1, -0.05) is 38.5 Å². The van der Waals surface area contributed by atoms with Crippen LogP contribution in [0.15, 0.2) is 22.7 Å². The fourth-order valence-electron chi connectivity index (χ4n) is 1.31. The van der Waals surface area contributed by atoms with Crippen molar-refractivity contribution in [1.29, 1.82) is 0 Å². The highest BCUT2D eigenvalue weighted by molar-refractivity contribution is 14.1. The number of hydrogen-bond donors (Lipinski definition) is 1. The van der Waals surface area contributed by atoms with Crippen molar-refractivity contribution in [1.82, 2.24) is 5.32 Å². The van der Waals surface area contributed by atoms with Crippen LogP contribution in [0.25, 0.3) is 0 Å². The normalized spacial score (nSPS) is 10.2. The van der Waals surface area contributed by atoms with Gasteiger partial charge in [0.25, 0.3) is 5.91 Å². The molecule has 2 nitrogen and oxygen atoms in total. The van der Waals surface area contributed by atoms with Crippen molar-refractivity contribution in [2.75, 3.05) is 11.0 Å². The van der Waals surface area contributed by atoms with Crippen LogP contribution >= 0.6 is 38.5 Å². The lowest BCUT2D eigenvalue weighted by molar-refractivity contribution is 0.0953. The predicted octanol–water partition coefficient (Wildman–Crippen LogP) is 3.70. The van der Waals surface area contributed by atoms with Gasteiger partial charge in [0.2, 0.25) is 0 Å². The number of halogens is 2. The third kappa shape index (κ3) is 4.41. The second-order valence-corrected chi connectivity index (χ2v) is 5.55. The summed E-state index contributed by atoms with van der Waals surface area (Å²) in [6.45, 7) is 2.74. The van der Waals surface area contributed by atoms with Crippen LogP contribution in [0.2, 0.25) is 0 Å². The highest BCUT2D eigenvalue weighted by atomic mass is 127. The van der Waals surface area contributed by atoms with Crippen LogP contribution in [0.3, 0.4) is 0 Å². The topological polar surface area (TPSA) is 29.1 Å². The van der Waals surface area contributed by atoms with Crippen molar-refractivity contribution >= 4 is 44.4 Å². The van der Waals surface area contributed by atoms with Gasteiger partial charge < -0.3 is 5.32 Å². The summed E-state index contributed by atoms with van der Waals surface area (Å²) in [7, 11) is 0. The summed E-state index contributed by atoms with van der Waals surface area (Å²) in [5.74, 6) is 0.0176. The molecule has 1 rings (SSSR count). The van der Waals surface area contributed by atoms with Crippen molar-refractivity contribution < 1.29 is 4.79 Å². The highest BCUT2D eigenvalue weighted by Crippen LogP contribution is 2.16. The van der Waals surface area contributed by atoms with Gasteiger partial charge in [-0.05, 0) is 48.0 Å². The minimum Gasteiger partial charge on any atom is -0.352 e. The third-order valence-electron chi connectivity index (χ3n) is 2.27. The first-order valence-electron chi connectivity index (χ1n) is 5.25. The molecule has 16 heavy (non-hydrogen) atoms. The van der Waals surface area contributed by atoms with E-state index in [0.717, 1.165) is 39.4 Å². The number of amides is 1. The van der Waals surface area contributed by atoms with Crippen molar-refractivity contribution in [3.05, 3.63) is 33.8 Å². The average Bonchev–Trinajstić information content (AvgIpc) is 2.28. The van der Waals surface area contributed by atoms with Gasteiger partial charge in [-0.25, -0.2) is 0 Å². The smallest absolute Gasteiger partial charge is 0.251 e. The van der Waals surface area contributed by atoms with Gasteiger partial charge in [0.15, 0.2) is 0 Å². The summed E-state index contributed by atoms with van der Waals surface area (Å²) in [6.07, 6.45) is 2.20. The zero-order valence-corrected chi connectivity index (χ0v) is 13.0. The zero-order chi connectivity index (χ0) is 12.0. The van der Waals surface area contributed by atoms with Crippen LogP contribution in [-0.4, -0.2) is 16.9 Å². The van der Waals surface area contributed by atoms with Crippen molar-refractivity contribution in [2.24, 2.45) is 0 Å². The Balaban J connectivity index is 2.50. The number of nitrogens with one attached hydrogen (secondary N) is 1. The van der Waals surface area contributed by atoms with E-state index in [-0.39, 0.29) is 5.91 Å². The number of alkyl halides is 1. The van der Waals surface area contributed by atoms with E-state index in [4.69, 9.17) is 0 Å².